The molecule has 1 aromatic heterocycles. The molecule has 7 heteroatoms. The van der Waals surface area contributed by atoms with Crippen molar-refractivity contribution < 1.29 is 14.3 Å². The Bertz CT molecular complexity index is 1110. The van der Waals surface area contributed by atoms with E-state index in [4.69, 9.17) is 9.47 Å². The lowest BCUT2D eigenvalue weighted by molar-refractivity contribution is -0.115. The molecule has 34 heavy (non-hydrogen) atoms. The van der Waals surface area contributed by atoms with Crippen LogP contribution in [-0.2, 0) is 17.6 Å². The van der Waals surface area contributed by atoms with E-state index in [1.54, 1.807) is 0 Å². The molecule has 2 aliphatic rings. The van der Waals surface area contributed by atoms with Crippen molar-refractivity contribution in [3.05, 3.63) is 78.1 Å². The average Bonchev–Trinajstić information content (AvgIpc) is 2.89. The number of hydrogen-bond donors (Lipinski definition) is 1. The van der Waals surface area contributed by atoms with Crippen LogP contribution < -0.4 is 19.7 Å². The van der Waals surface area contributed by atoms with E-state index >= 15 is 0 Å². The number of piperazine rings is 1. The molecular weight excluding hydrogens is 428 g/mol. The van der Waals surface area contributed by atoms with E-state index in [2.05, 4.69) is 38.3 Å². The van der Waals surface area contributed by atoms with Crippen LogP contribution in [0.25, 0.3) is 0 Å². The van der Waals surface area contributed by atoms with Crippen molar-refractivity contribution in [2.24, 2.45) is 0 Å². The first kappa shape index (κ1) is 22.2. The molecule has 0 aliphatic carbocycles. The molecule has 2 aromatic carbocycles. The van der Waals surface area contributed by atoms with E-state index in [1.807, 2.05) is 48.8 Å². The number of nitrogens with one attached hydrogen (secondary N) is 1. The number of carbonyl (C=O) groups is 1. The summed E-state index contributed by atoms with van der Waals surface area (Å²) in [6, 6.07) is 17.9. The van der Waals surface area contributed by atoms with Gasteiger partial charge in [0, 0.05) is 45.1 Å². The largest absolute Gasteiger partial charge is 0.486 e. The normalized spacial score (nSPS) is 15.7. The summed E-state index contributed by atoms with van der Waals surface area (Å²) in [5.74, 6) is 1.40. The van der Waals surface area contributed by atoms with Gasteiger partial charge in [-0.05, 0) is 53.9 Å². The maximum atomic E-state index is 12.8. The van der Waals surface area contributed by atoms with Crippen LogP contribution in [0, 0.1) is 0 Å². The molecule has 1 fully saturated rings. The van der Waals surface area contributed by atoms with Crippen LogP contribution in [0.3, 0.4) is 0 Å². The van der Waals surface area contributed by atoms with Gasteiger partial charge in [-0.3, -0.25) is 14.7 Å². The second kappa shape index (κ2) is 10.6. The van der Waals surface area contributed by atoms with Crippen molar-refractivity contribution in [3.63, 3.8) is 0 Å². The summed E-state index contributed by atoms with van der Waals surface area (Å²) in [5.41, 5.74) is 4.16. The third-order valence-corrected chi connectivity index (χ3v) is 6.33. The van der Waals surface area contributed by atoms with Crippen molar-refractivity contribution in [2.75, 3.05) is 56.2 Å². The Hall–Kier alpha value is -3.58. The molecule has 0 radical (unpaired) electrons. The van der Waals surface area contributed by atoms with Crippen molar-refractivity contribution >= 4 is 17.3 Å². The molecule has 3 aromatic rings. The molecule has 0 unspecified atom stereocenters. The summed E-state index contributed by atoms with van der Waals surface area (Å²) in [7, 11) is 0. The lowest BCUT2D eigenvalue weighted by atomic mass is 10.1. The SMILES string of the molecule is O=C(Cc1ccc2c(c1)OCCO2)Nc1ccccc1N1CCN(CCc2ccncc2)CC1. The van der Waals surface area contributed by atoms with E-state index in [0.717, 1.165) is 61.8 Å². The van der Waals surface area contributed by atoms with Crippen LogP contribution in [0.5, 0.6) is 11.5 Å². The fourth-order valence-corrected chi connectivity index (χ4v) is 4.48. The number of anilines is 2. The molecule has 0 spiro atoms. The third kappa shape index (κ3) is 5.48. The van der Waals surface area contributed by atoms with Gasteiger partial charge in [0.15, 0.2) is 11.5 Å². The number of fused-ring (bicyclic) bond motifs is 1. The highest BCUT2D eigenvalue weighted by atomic mass is 16.6. The van der Waals surface area contributed by atoms with Crippen molar-refractivity contribution in [1.29, 1.82) is 0 Å². The highest BCUT2D eigenvalue weighted by Crippen LogP contribution is 2.31. The predicted molar refractivity (Wildman–Crippen MR) is 133 cm³/mol. The number of para-hydroxylation sites is 2. The lowest BCUT2D eigenvalue weighted by Gasteiger charge is -2.37. The van der Waals surface area contributed by atoms with Gasteiger partial charge >= 0.3 is 0 Å². The first-order valence-corrected chi connectivity index (χ1v) is 11.9. The van der Waals surface area contributed by atoms with Gasteiger partial charge < -0.3 is 19.7 Å². The first-order chi connectivity index (χ1) is 16.7. The molecule has 0 atom stereocenters. The minimum atomic E-state index is -0.0416. The van der Waals surface area contributed by atoms with Crippen LogP contribution in [0.2, 0.25) is 0 Å². The van der Waals surface area contributed by atoms with Crippen molar-refractivity contribution in [1.82, 2.24) is 9.88 Å². The predicted octanol–water partition coefficient (Wildman–Crippen LogP) is 3.40. The number of carbonyl (C=O) groups excluding carboxylic acids is 1. The monoisotopic (exact) mass is 458 g/mol. The lowest BCUT2D eigenvalue weighted by Crippen LogP contribution is -2.47. The number of nitrogens with zero attached hydrogens (tertiary/aromatic N) is 3. The molecule has 0 bridgehead atoms. The molecular formula is C27H30N4O3. The Balaban J connectivity index is 1.16. The van der Waals surface area contributed by atoms with E-state index in [1.165, 1.54) is 5.56 Å². The standard InChI is InChI=1S/C27H30N4O3/c32-27(20-22-5-6-25-26(19-22)34-18-17-33-25)29-23-3-1-2-4-24(23)31-15-13-30(14-16-31)12-9-21-7-10-28-11-8-21/h1-8,10-11,19H,9,12-18,20H2,(H,29,32). The van der Waals surface area contributed by atoms with Crippen LogP contribution in [0.15, 0.2) is 67.0 Å². The molecule has 1 saturated heterocycles. The summed E-state index contributed by atoms with van der Waals surface area (Å²) < 4.78 is 11.2. The summed E-state index contributed by atoms with van der Waals surface area (Å²) in [6.07, 6.45) is 5.03. The van der Waals surface area contributed by atoms with Gasteiger partial charge in [0.2, 0.25) is 5.91 Å². The molecule has 2 aliphatic heterocycles. The van der Waals surface area contributed by atoms with Crippen LogP contribution in [0.1, 0.15) is 11.1 Å². The zero-order valence-electron chi connectivity index (χ0n) is 19.3. The zero-order chi connectivity index (χ0) is 23.2. The Morgan fingerprint density at radius 2 is 1.65 bits per heavy atom. The molecule has 176 valence electrons. The van der Waals surface area contributed by atoms with Crippen LogP contribution in [0.4, 0.5) is 11.4 Å². The highest BCUT2D eigenvalue weighted by molar-refractivity contribution is 5.95. The van der Waals surface area contributed by atoms with Gasteiger partial charge in [-0.1, -0.05) is 18.2 Å². The summed E-state index contributed by atoms with van der Waals surface area (Å²) in [6.45, 7) is 6.02. The van der Waals surface area contributed by atoms with E-state index in [9.17, 15) is 4.79 Å². The number of ether oxygens (including phenoxy) is 2. The Kier molecular flexibility index (Phi) is 6.91. The third-order valence-electron chi connectivity index (χ3n) is 6.33. The summed E-state index contributed by atoms with van der Waals surface area (Å²) >= 11 is 0. The van der Waals surface area contributed by atoms with E-state index in [0.29, 0.717) is 19.0 Å². The molecule has 5 rings (SSSR count). The van der Waals surface area contributed by atoms with Gasteiger partial charge in [-0.25, -0.2) is 0 Å². The fraction of sp³-hybridized carbons (Fsp3) is 0.333. The quantitative estimate of drug-likeness (QED) is 0.586. The van der Waals surface area contributed by atoms with Gasteiger partial charge in [-0.2, -0.15) is 0 Å². The minimum Gasteiger partial charge on any atom is -0.486 e. The minimum absolute atomic E-state index is 0.0416. The maximum absolute atomic E-state index is 12.8. The van der Waals surface area contributed by atoms with E-state index < -0.39 is 0 Å². The first-order valence-electron chi connectivity index (χ1n) is 11.9. The van der Waals surface area contributed by atoms with E-state index in [-0.39, 0.29) is 12.3 Å². The Labute approximate surface area is 200 Å². The number of benzene rings is 2. The molecule has 1 amide bonds. The molecule has 7 nitrogen and oxygen atoms in total. The van der Waals surface area contributed by atoms with Crippen LogP contribution >= 0.6 is 0 Å². The second-order valence-corrected chi connectivity index (χ2v) is 8.65. The maximum Gasteiger partial charge on any atom is 0.228 e. The van der Waals surface area contributed by atoms with Gasteiger partial charge in [0.25, 0.3) is 0 Å². The molecule has 1 N–H and O–H groups in total. The fourth-order valence-electron chi connectivity index (χ4n) is 4.48. The number of aromatic nitrogens is 1. The van der Waals surface area contributed by atoms with Crippen molar-refractivity contribution in [3.8, 4) is 11.5 Å². The summed E-state index contributed by atoms with van der Waals surface area (Å²) in [4.78, 5) is 21.8. The summed E-state index contributed by atoms with van der Waals surface area (Å²) in [5, 5.41) is 3.12. The second-order valence-electron chi connectivity index (χ2n) is 8.65. The average molecular weight is 459 g/mol. The highest BCUT2D eigenvalue weighted by Gasteiger charge is 2.20. The number of rotatable bonds is 7. The Morgan fingerprint density at radius 1 is 0.882 bits per heavy atom. The van der Waals surface area contributed by atoms with Gasteiger partial charge in [0.05, 0.1) is 17.8 Å². The van der Waals surface area contributed by atoms with Gasteiger partial charge in [-0.15, -0.1) is 0 Å². The number of amides is 1. The van der Waals surface area contributed by atoms with Crippen LogP contribution in [-0.4, -0.2) is 61.7 Å². The topological polar surface area (TPSA) is 66.9 Å². The van der Waals surface area contributed by atoms with Crippen molar-refractivity contribution in [2.45, 2.75) is 12.8 Å². The molecule has 0 saturated carbocycles. The number of pyridine rings is 1. The zero-order valence-corrected chi connectivity index (χ0v) is 19.3. The van der Waals surface area contributed by atoms with Gasteiger partial charge in [0.1, 0.15) is 13.2 Å². The molecule has 3 heterocycles. The Morgan fingerprint density at radius 3 is 2.47 bits per heavy atom. The number of hydrogen-bond acceptors (Lipinski definition) is 6. The smallest absolute Gasteiger partial charge is 0.228 e.